The van der Waals surface area contributed by atoms with Crippen molar-refractivity contribution in [2.75, 3.05) is 0 Å². The van der Waals surface area contributed by atoms with E-state index in [1.54, 1.807) is 0 Å². The second kappa shape index (κ2) is 9.03. The SMILES string of the molecule is O=C(O)/C=C/C(=O)O.O=C(O)CC(O)(CC(=O)O)C(=O)O. The van der Waals surface area contributed by atoms with Gasteiger partial charge in [-0.1, -0.05) is 0 Å². The summed E-state index contributed by atoms with van der Waals surface area (Å²) in [5, 5.41) is 49.4. The molecule has 6 N–H and O–H groups in total. The van der Waals surface area contributed by atoms with E-state index in [1.807, 2.05) is 0 Å². The summed E-state index contributed by atoms with van der Waals surface area (Å²) in [6, 6.07) is 0. The van der Waals surface area contributed by atoms with Crippen LogP contribution in [-0.4, -0.2) is 66.1 Å². The molecule has 0 saturated carbocycles. The van der Waals surface area contributed by atoms with Gasteiger partial charge in [-0.25, -0.2) is 14.4 Å². The van der Waals surface area contributed by atoms with Gasteiger partial charge in [-0.15, -0.1) is 0 Å². The van der Waals surface area contributed by atoms with Crippen molar-refractivity contribution in [1.29, 1.82) is 0 Å². The van der Waals surface area contributed by atoms with Crippen LogP contribution in [0, 0.1) is 0 Å². The molecule has 0 saturated heterocycles. The van der Waals surface area contributed by atoms with Crippen LogP contribution in [0.2, 0.25) is 0 Å². The first-order valence-corrected chi connectivity index (χ1v) is 4.94. The van der Waals surface area contributed by atoms with E-state index in [-0.39, 0.29) is 0 Å². The van der Waals surface area contributed by atoms with Crippen molar-refractivity contribution >= 4 is 29.8 Å². The molecule has 0 aromatic carbocycles. The summed E-state index contributed by atoms with van der Waals surface area (Å²) in [6.07, 6.45) is -1.17. The Balaban J connectivity index is 0. The molecule has 11 nitrogen and oxygen atoms in total. The Bertz CT molecular complexity index is 430. The standard InChI is InChI=1S/C6H8O7.C4H4O4/c7-3(8)1-6(13,5(11)12)2-4(9)10;5-3(6)1-2-4(7)8/h13H,1-2H2,(H,7,8)(H,9,10)(H,11,12);1-2H,(H,5,6)(H,7,8)/b;2-1+. The quantitative estimate of drug-likeness (QED) is 0.297. The number of carboxylic acid groups (broad SMARTS) is 5. The molecule has 0 aliphatic carbocycles. The molecule has 0 bridgehead atoms. The van der Waals surface area contributed by atoms with Crippen molar-refractivity contribution in [2.45, 2.75) is 18.4 Å². The molecule has 21 heavy (non-hydrogen) atoms. The first kappa shape index (κ1) is 20.4. The number of rotatable bonds is 7. The minimum absolute atomic E-state index is 0.558. The van der Waals surface area contributed by atoms with Crippen LogP contribution in [0.25, 0.3) is 0 Å². The van der Waals surface area contributed by atoms with E-state index in [2.05, 4.69) is 0 Å². The highest BCUT2D eigenvalue weighted by Gasteiger charge is 2.40. The normalized spacial score (nSPS) is 10.3. The van der Waals surface area contributed by atoms with Gasteiger partial charge in [0.05, 0.1) is 12.8 Å². The summed E-state index contributed by atoms with van der Waals surface area (Å²) in [5.41, 5.74) is -2.74. The maximum Gasteiger partial charge on any atom is 0.336 e. The summed E-state index contributed by atoms with van der Waals surface area (Å²) < 4.78 is 0. The number of hydrogen-bond acceptors (Lipinski definition) is 6. The lowest BCUT2D eigenvalue weighted by Gasteiger charge is -2.18. The Morgan fingerprint density at radius 2 is 1.00 bits per heavy atom. The third kappa shape index (κ3) is 11.9. The van der Waals surface area contributed by atoms with Crippen molar-refractivity contribution in [3.63, 3.8) is 0 Å². The van der Waals surface area contributed by atoms with E-state index < -0.39 is 48.3 Å². The van der Waals surface area contributed by atoms with E-state index in [0.29, 0.717) is 12.2 Å². The van der Waals surface area contributed by atoms with Gasteiger partial charge in [-0.2, -0.15) is 0 Å². The summed E-state index contributed by atoms with van der Waals surface area (Å²) in [5.74, 6) is -7.53. The van der Waals surface area contributed by atoms with Crippen LogP contribution in [0.15, 0.2) is 12.2 Å². The highest BCUT2D eigenvalue weighted by atomic mass is 16.4. The van der Waals surface area contributed by atoms with Crippen LogP contribution in [0.1, 0.15) is 12.8 Å². The summed E-state index contributed by atoms with van der Waals surface area (Å²) >= 11 is 0. The Kier molecular flexibility index (Phi) is 8.76. The van der Waals surface area contributed by atoms with Crippen molar-refractivity contribution < 1.29 is 54.6 Å². The third-order valence-corrected chi connectivity index (χ3v) is 1.65. The average molecular weight is 308 g/mol. The molecule has 118 valence electrons. The van der Waals surface area contributed by atoms with E-state index in [0.717, 1.165) is 0 Å². The van der Waals surface area contributed by atoms with E-state index in [9.17, 15) is 24.0 Å². The minimum Gasteiger partial charge on any atom is -0.481 e. The number of carboxylic acids is 5. The molecule has 0 aromatic heterocycles. The van der Waals surface area contributed by atoms with Gasteiger partial charge in [0.25, 0.3) is 0 Å². The number of carbonyl (C=O) groups is 5. The lowest BCUT2D eigenvalue weighted by atomic mass is 9.96. The zero-order chi connectivity index (χ0) is 17.2. The summed E-state index contributed by atoms with van der Waals surface area (Å²) in [4.78, 5) is 49.6. The van der Waals surface area contributed by atoms with Crippen LogP contribution >= 0.6 is 0 Å². The zero-order valence-electron chi connectivity index (χ0n) is 10.3. The highest BCUT2D eigenvalue weighted by molar-refractivity contribution is 5.89. The maximum absolute atomic E-state index is 10.3. The Morgan fingerprint density at radius 1 is 0.714 bits per heavy atom. The zero-order valence-corrected chi connectivity index (χ0v) is 10.3. The highest BCUT2D eigenvalue weighted by Crippen LogP contribution is 2.15. The lowest BCUT2D eigenvalue weighted by molar-refractivity contribution is -0.170. The molecule has 0 fully saturated rings. The third-order valence-electron chi connectivity index (χ3n) is 1.65. The smallest absolute Gasteiger partial charge is 0.336 e. The molecular formula is C10H12O11. The van der Waals surface area contributed by atoms with E-state index in [1.165, 1.54) is 0 Å². The first-order chi connectivity index (χ1) is 9.40. The molecule has 0 amide bonds. The van der Waals surface area contributed by atoms with Crippen LogP contribution in [0.4, 0.5) is 0 Å². The molecule has 0 aromatic rings. The van der Waals surface area contributed by atoms with Crippen LogP contribution < -0.4 is 0 Å². The van der Waals surface area contributed by atoms with Gasteiger partial charge in [-0.3, -0.25) is 9.59 Å². The molecule has 0 aliphatic heterocycles. The van der Waals surface area contributed by atoms with Gasteiger partial charge in [0.1, 0.15) is 0 Å². The number of aliphatic carboxylic acids is 5. The maximum atomic E-state index is 10.3. The van der Waals surface area contributed by atoms with E-state index in [4.69, 9.17) is 30.6 Å². The fourth-order valence-corrected chi connectivity index (χ4v) is 0.857. The molecule has 0 heterocycles. The van der Waals surface area contributed by atoms with Gasteiger partial charge in [-0.05, 0) is 0 Å². The van der Waals surface area contributed by atoms with Crippen LogP contribution in [0.3, 0.4) is 0 Å². The molecule has 0 aliphatic rings. The topological polar surface area (TPSA) is 207 Å². The largest absolute Gasteiger partial charge is 0.481 e. The molecule has 0 atom stereocenters. The van der Waals surface area contributed by atoms with Crippen molar-refractivity contribution in [3.05, 3.63) is 12.2 Å². The predicted molar refractivity (Wildman–Crippen MR) is 61.5 cm³/mol. The first-order valence-electron chi connectivity index (χ1n) is 4.94. The lowest BCUT2D eigenvalue weighted by Crippen LogP contribution is -2.42. The molecule has 0 unspecified atom stereocenters. The van der Waals surface area contributed by atoms with Gasteiger partial charge < -0.3 is 30.6 Å². The molecule has 0 radical (unpaired) electrons. The molecule has 0 rings (SSSR count). The van der Waals surface area contributed by atoms with Crippen molar-refractivity contribution in [2.24, 2.45) is 0 Å². The summed E-state index contributed by atoms with van der Waals surface area (Å²) in [6.45, 7) is 0. The van der Waals surface area contributed by atoms with Crippen LogP contribution in [0.5, 0.6) is 0 Å². The number of aliphatic hydroxyl groups is 1. The molecule has 11 heteroatoms. The molecular weight excluding hydrogens is 296 g/mol. The van der Waals surface area contributed by atoms with Gasteiger partial charge in [0.2, 0.25) is 0 Å². The minimum atomic E-state index is -2.74. The number of hydrogen-bond donors (Lipinski definition) is 6. The van der Waals surface area contributed by atoms with Crippen molar-refractivity contribution in [1.82, 2.24) is 0 Å². The predicted octanol–water partition coefficient (Wildman–Crippen LogP) is -1.54. The monoisotopic (exact) mass is 308 g/mol. The summed E-state index contributed by atoms with van der Waals surface area (Å²) in [7, 11) is 0. The van der Waals surface area contributed by atoms with Gasteiger partial charge >= 0.3 is 29.8 Å². The van der Waals surface area contributed by atoms with Gasteiger partial charge in [0.15, 0.2) is 5.60 Å². The molecule has 0 spiro atoms. The Labute approximate surface area is 116 Å². The Morgan fingerprint density at radius 3 is 1.14 bits per heavy atom. The van der Waals surface area contributed by atoms with E-state index >= 15 is 0 Å². The van der Waals surface area contributed by atoms with Crippen LogP contribution in [-0.2, 0) is 24.0 Å². The van der Waals surface area contributed by atoms with Gasteiger partial charge in [0, 0.05) is 12.2 Å². The second-order valence-corrected chi connectivity index (χ2v) is 3.49. The van der Waals surface area contributed by atoms with Crippen molar-refractivity contribution in [3.8, 4) is 0 Å². The Hall–Kier alpha value is -2.95. The fourth-order valence-electron chi connectivity index (χ4n) is 0.857. The fraction of sp³-hybridized carbons (Fsp3) is 0.300. The second-order valence-electron chi connectivity index (χ2n) is 3.49. The average Bonchev–Trinajstić information content (AvgIpc) is 2.24.